The minimum absolute atomic E-state index is 0.242. The summed E-state index contributed by atoms with van der Waals surface area (Å²) < 4.78 is 0. The molecular weight excluding hydrogens is 404 g/mol. The molecule has 5 nitrogen and oxygen atoms in total. The Morgan fingerprint density at radius 2 is 1.59 bits per heavy atom. The van der Waals surface area contributed by atoms with Gasteiger partial charge in [-0.25, -0.2) is 14.8 Å². The van der Waals surface area contributed by atoms with E-state index in [9.17, 15) is 4.79 Å². The van der Waals surface area contributed by atoms with Crippen LogP contribution in [0.5, 0.6) is 0 Å². The molecule has 0 radical (unpaired) electrons. The summed E-state index contributed by atoms with van der Waals surface area (Å²) >= 11 is 8.06. The number of fused-ring (bicyclic) bond motifs is 1. The number of nitrogens with one attached hydrogen (secondary N) is 2. The van der Waals surface area contributed by atoms with Crippen LogP contribution < -0.4 is 10.6 Å². The van der Waals surface area contributed by atoms with Crippen molar-refractivity contribution in [3.63, 3.8) is 0 Å². The number of anilines is 1. The number of carbonyl (C=O) groups excluding carboxylic acids is 1. The van der Waals surface area contributed by atoms with Crippen molar-refractivity contribution in [2.45, 2.75) is 6.54 Å². The lowest BCUT2D eigenvalue weighted by Gasteiger charge is -2.19. The molecule has 0 spiro atoms. The van der Waals surface area contributed by atoms with Crippen molar-refractivity contribution in [3.8, 4) is 33.0 Å². The number of amides is 2. The highest BCUT2D eigenvalue weighted by Crippen LogP contribution is 2.33. The number of rotatable bonds is 3. The first kappa shape index (κ1) is 17.8. The Bertz CT molecular complexity index is 1190. The van der Waals surface area contributed by atoms with Crippen LogP contribution in [0.2, 0.25) is 5.02 Å². The molecule has 2 aromatic carbocycles. The standard InChI is InChI=1S/C22H15ClN4OS/c23-17-11-18-19(12-25-22(28)27-18)26-20(17)15-5-1-13(2-6-15)14-3-7-16(8-4-14)21-24-9-10-29-21/h1-11H,12H2,(H2,25,27,28). The molecule has 0 unspecified atom stereocenters. The van der Waals surface area contributed by atoms with Gasteiger partial charge in [0.25, 0.3) is 0 Å². The molecule has 2 aromatic heterocycles. The topological polar surface area (TPSA) is 66.9 Å². The highest BCUT2D eigenvalue weighted by Gasteiger charge is 2.18. The van der Waals surface area contributed by atoms with Crippen LogP contribution >= 0.6 is 22.9 Å². The molecule has 0 atom stereocenters. The molecule has 0 fully saturated rings. The predicted molar refractivity (Wildman–Crippen MR) is 117 cm³/mol. The first-order valence-corrected chi connectivity index (χ1v) is 10.3. The van der Waals surface area contributed by atoms with Gasteiger partial charge in [0.2, 0.25) is 0 Å². The van der Waals surface area contributed by atoms with E-state index in [1.165, 1.54) is 0 Å². The molecule has 5 rings (SSSR count). The first-order chi connectivity index (χ1) is 14.2. The normalized spacial score (nSPS) is 12.8. The summed E-state index contributed by atoms with van der Waals surface area (Å²) in [5.41, 5.74) is 6.42. The summed E-state index contributed by atoms with van der Waals surface area (Å²) in [6, 6.07) is 18.0. The van der Waals surface area contributed by atoms with Crippen LogP contribution in [0.3, 0.4) is 0 Å². The molecule has 4 aromatic rings. The number of hydrogen-bond acceptors (Lipinski definition) is 4. The average molecular weight is 419 g/mol. The van der Waals surface area contributed by atoms with E-state index in [2.05, 4.69) is 57.0 Å². The monoisotopic (exact) mass is 418 g/mol. The van der Waals surface area contributed by atoms with Crippen LogP contribution in [0.4, 0.5) is 10.5 Å². The van der Waals surface area contributed by atoms with Crippen LogP contribution in [0, 0.1) is 0 Å². The summed E-state index contributed by atoms with van der Waals surface area (Å²) in [7, 11) is 0. The molecule has 0 saturated heterocycles. The Kier molecular flexibility index (Phi) is 4.50. The summed E-state index contributed by atoms with van der Waals surface area (Å²) in [5, 5.41) is 8.95. The minimum Gasteiger partial charge on any atom is -0.332 e. The number of halogens is 1. The quantitative estimate of drug-likeness (QED) is 0.440. The summed E-state index contributed by atoms with van der Waals surface area (Å²) in [6.07, 6.45) is 1.82. The predicted octanol–water partition coefficient (Wildman–Crippen LogP) is 5.83. The van der Waals surface area contributed by atoms with Gasteiger partial charge in [-0.15, -0.1) is 11.3 Å². The molecule has 2 N–H and O–H groups in total. The lowest BCUT2D eigenvalue weighted by Crippen LogP contribution is -2.34. The van der Waals surface area contributed by atoms with Crippen LogP contribution in [0.25, 0.3) is 33.0 Å². The average Bonchev–Trinajstić information content (AvgIpc) is 3.28. The van der Waals surface area contributed by atoms with Gasteiger partial charge < -0.3 is 10.6 Å². The molecule has 0 saturated carbocycles. The van der Waals surface area contributed by atoms with Gasteiger partial charge in [0, 0.05) is 22.7 Å². The summed E-state index contributed by atoms with van der Waals surface area (Å²) in [5.74, 6) is 0. The van der Waals surface area contributed by atoms with Crippen LogP contribution in [0.1, 0.15) is 5.69 Å². The van der Waals surface area contributed by atoms with Crippen molar-refractivity contribution in [3.05, 3.63) is 76.9 Å². The van der Waals surface area contributed by atoms with E-state index >= 15 is 0 Å². The molecular formula is C22H15ClN4OS. The van der Waals surface area contributed by atoms with Crippen molar-refractivity contribution >= 4 is 34.7 Å². The fourth-order valence-electron chi connectivity index (χ4n) is 3.29. The van der Waals surface area contributed by atoms with Crippen molar-refractivity contribution in [1.29, 1.82) is 0 Å². The van der Waals surface area contributed by atoms with Crippen LogP contribution in [0.15, 0.2) is 66.2 Å². The Labute approximate surface area is 176 Å². The van der Waals surface area contributed by atoms with E-state index < -0.39 is 0 Å². The molecule has 0 aliphatic carbocycles. The summed E-state index contributed by atoms with van der Waals surface area (Å²) in [4.78, 5) is 20.4. The van der Waals surface area contributed by atoms with Gasteiger partial charge in [-0.1, -0.05) is 60.1 Å². The van der Waals surface area contributed by atoms with Crippen molar-refractivity contribution in [2.24, 2.45) is 0 Å². The van der Waals surface area contributed by atoms with Gasteiger partial charge in [0.05, 0.1) is 28.6 Å². The molecule has 7 heteroatoms. The van der Waals surface area contributed by atoms with E-state index in [4.69, 9.17) is 11.6 Å². The van der Waals surface area contributed by atoms with Crippen molar-refractivity contribution in [2.75, 3.05) is 5.32 Å². The van der Waals surface area contributed by atoms with E-state index in [0.717, 1.165) is 33.0 Å². The van der Waals surface area contributed by atoms with Gasteiger partial charge in [0.15, 0.2) is 0 Å². The molecule has 3 heterocycles. The minimum atomic E-state index is -0.242. The number of urea groups is 1. The van der Waals surface area contributed by atoms with E-state index in [1.54, 1.807) is 17.4 Å². The lowest BCUT2D eigenvalue weighted by molar-refractivity contribution is 0.250. The molecule has 2 amide bonds. The Morgan fingerprint density at radius 3 is 2.24 bits per heavy atom. The second-order valence-electron chi connectivity index (χ2n) is 6.61. The number of thiazole rings is 1. The Morgan fingerprint density at radius 1 is 0.931 bits per heavy atom. The third-order valence-corrected chi connectivity index (χ3v) is 5.89. The van der Waals surface area contributed by atoms with Crippen molar-refractivity contribution in [1.82, 2.24) is 15.3 Å². The smallest absolute Gasteiger partial charge is 0.319 e. The third kappa shape index (κ3) is 3.48. The maximum Gasteiger partial charge on any atom is 0.319 e. The molecule has 1 aliphatic heterocycles. The van der Waals surface area contributed by atoms with Gasteiger partial charge >= 0.3 is 6.03 Å². The lowest BCUT2D eigenvalue weighted by atomic mass is 10.0. The number of hydrogen-bond donors (Lipinski definition) is 2. The number of pyridine rings is 1. The second kappa shape index (κ2) is 7.31. The van der Waals surface area contributed by atoms with E-state index in [1.807, 2.05) is 23.7 Å². The second-order valence-corrected chi connectivity index (χ2v) is 7.91. The molecule has 142 valence electrons. The number of nitrogens with zero attached hydrogens (tertiary/aromatic N) is 2. The van der Waals surface area contributed by atoms with Crippen LogP contribution in [-0.4, -0.2) is 16.0 Å². The first-order valence-electron chi connectivity index (χ1n) is 9.02. The largest absolute Gasteiger partial charge is 0.332 e. The Balaban J connectivity index is 1.43. The highest BCUT2D eigenvalue weighted by molar-refractivity contribution is 7.13. The number of aromatic nitrogens is 2. The fraction of sp³-hybridized carbons (Fsp3) is 0.0455. The van der Waals surface area contributed by atoms with E-state index in [0.29, 0.717) is 22.9 Å². The zero-order valence-electron chi connectivity index (χ0n) is 15.1. The fourth-order valence-corrected chi connectivity index (χ4v) is 4.20. The highest BCUT2D eigenvalue weighted by atomic mass is 35.5. The zero-order chi connectivity index (χ0) is 19.8. The Hall–Kier alpha value is -3.22. The number of benzene rings is 2. The maximum atomic E-state index is 11.5. The van der Waals surface area contributed by atoms with Gasteiger partial charge in [-0.2, -0.15) is 0 Å². The molecule has 0 bridgehead atoms. The zero-order valence-corrected chi connectivity index (χ0v) is 16.7. The molecule has 29 heavy (non-hydrogen) atoms. The van der Waals surface area contributed by atoms with Crippen molar-refractivity contribution < 1.29 is 4.79 Å². The molecule has 1 aliphatic rings. The number of carbonyl (C=O) groups is 1. The third-order valence-electron chi connectivity index (χ3n) is 4.78. The van der Waals surface area contributed by atoms with Crippen LogP contribution in [-0.2, 0) is 6.54 Å². The van der Waals surface area contributed by atoms with Gasteiger partial charge in [0.1, 0.15) is 5.01 Å². The van der Waals surface area contributed by atoms with E-state index in [-0.39, 0.29) is 6.03 Å². The van der Waals surface area contributed by atoms with Gasteiger partial charge in [-0.05, 0) is 17.2 Å². The van der Waals surface area contributed by atoms with Gasteiger partial charge in [-0.3, -0.25) is 0 Å². The summed E-state index contributed by atoms with van der Waals surface area (Å²) in [6.45, 7) is 0.384. The maximum absolute atomic E-state index is 11.5. The SMILES string of the molecule is O=C1NCc2nc(-c3ccc(-c4ccc(-c5nccs5)cc4)cc3)c(Cl)cc2N1.